The summed E-state index contributed by atoms with van der Waals surface area (Å²) < 4.78 is 5.51. The lowest BCUT2D eigenvalue weighted by molar-refractivity contribution is 0.0199. The number of phenols is 1. The van der Waals surface area contributed by atoms with Crippen molar-refractivity contribution in [2.45, 2.75) is 38.8 Å². The molecule has 112 valence electrons. The molecule has 1 aliphatic rings. The Morgan fingerprint density at radius 2 is 1.90 bits per heavy atom. The molecule has 20 heavy (non-hydrogen) atoms. The first-order valence-corrected chi connectivity index (χ1v) is 7.41. The summed E-state index contributed by atoms with van der Waals surface area (Å²) in [6.45, 7) is 6.73. The number of nitrogens with zero attached hydrogens (tertiary/aromatic N) is 1. The van der Waals surface area contributed by atoms with Crippen molar-refractivity contribution in [2.75, 3.05) is 19.7 Å². The van der Waals surface area contributed by atoms with Crippen molar-refractivity contribution in [1.29, 1.82) is 0 Å². The van der Waals surface area contributed by atoms with E-state index in [1.54, 1.807) is 18.2 Å². The number of phenolic OH excluding ortho intramolecular Hbond substituents is 1. The van der Waals surface area contributed by atoms with Crippen molar-refractivity contribution in [3.05, 3.63) is 24.3 Å². The standard InChI is InChI=1S/C16H25NO3/c1-12(2)17-9-7-13(8-10-17)15(19)11-20-16-6-4-3-5-14(16)18/h3-6,12-13,15,18-19H,7-11H2,1-2H3. The van der Waals surface area contributed by atoms with Crippen LogP contribution in [0.4, 0.5) is 0 Å². The SMILES string of the molecule is CC(C)N1CCC(C(O)COc2ccccc2O)CC1. The van der Waals surface area contributed by atoms with E-state index in [0.717, 1.165) is 25.9 Å². The maximum atomic E-state index is 10.2. The number of aliphatic hydroxyl groups is 1. The molecule has 0 radical (unpaired) electrons. The molecule has 0 saturated carbocycles. The Kier molecular flexibility index (Phi) is 5.26. The van der Waals surface area contributed by atoms with Crippen LogP contribution in [-0.2, 0) is 0 Å². The summed E-state index contributed by atoms with van der Waals surface area (Å²) in [5, 5.41) is 19.8. The Labute approximate surface area is 121 Å². The van der Waals surface area contributed by atoms with Crippen LogP contribution in [0.1, 0.15) is 26.7 Å². The molecular formula is C16H25NO3. The topological polar surface area (TPSA) is 52.9 Å². The van der Waals surface area contributed by atoms with Gasteiger partial charge in [-0.05, 0) is 57.8 Å². The number of likely N-dealkylation sites (tertiary alicyclic amines) is 1. The van der Waals surface area contributed by atoms with Crippen LogP contribution < -0.4 is 4.74 Å². The summed E-state index contributed by atoms with van der Waals surface area (Å²) in [6, 6.07) is 7.43. The Bertz CT molecular complexity index is 414. The third-order valence-electron chi connectivity index (χ3n) is 4.12. The molecule has 1 heterocycles. The van der Waals surface area contributed by atoms with E-state index in [4.69, 9.17) is 4.74 Å². The molecule has 1 aromatic rings. The lowest BCUT2D eigenvalue weighted by Crippen LogP contribution is -2.42. The molecule has 0 bridgehead atoms. The van der Waals surface area contributed by atoms with Gasteiger partial charge in [-0.2, -0.15) is 0 Å². The third kappa shape index (κ3) is 3.87. The van der Waals surface area contributed by atoms with Gasteiger partial charge in [0.05, 0.1) is 6.10 Å². The lowest BCUT2D eigenvalue weighted by atomic mass is 9.91. The van der Waals surface area contributed by atoms with Crippen molar-refractivity contribution in [3.8, 4) is 11.5 Å². The van der Waals surface area contributed by atoms with E-state index in [9.17, 15) is 10.2 Å². The minimum Gasteiger partial charge on any atom is -0.504 e. The average Bonchev–Trinajstić information content (AvgIpc) is 2.46. The monoisotopic (exact) mass is 279 g/mol. The molecule has 0 aliphatic carbocycles. The van der Waals surface area contributed by atoms with Crippen molar-refractivity contribution in [1.82, 2.24) is 4.90 Å². The summed E-state index contributed by atoms with van der Waals surface area (Å²) in [4.78, 5) is 2.44. The number of hydrogen-bond donors (Lipinski definition) is 2. The average molecular weight is 279 g/mol. The minimum absolute atomic E-state index is 0.120. The van der Waals surface area contributed by atoms with E-state index >= 15 is 0 Å². The Balaban J connectivity index is 1.79. The third-order valence-corrected chi connectivity index (χ3v) is 4.12. The lowest BCUT2D eigenvalue weighted by Gasteiger charge is -2.36. The molecule has 1 unspecified atom stereocenters. The Morgan fingerprint density at radius 3 is 2.50 bits per heavy atom. The number of hydrogen-bond acceptors (Lipinski definition) is 4. The number of aromatic hydroxyl groups is 1. The van der Waals surface area contributed by atoms with E-state index in [0.29, 0.717) is 11.8 Å². The first-order chi connectivity index (χ1) is 9.58. The van der Waals surface area contributed by atoms with Crippen LogP contribution in [0.2, 0.25) is 0 Å². The smallest absolute Gasteiger partial charge is 0.161 e. The first-order valence-electron chi connectivity index (χ1n) is 7.41. The maximum Gasteiger partial charge on any atom is 0.161 e. The summed E-state index contributed by atoms with van der Waals surface area (Å²) in [5.74, 6) is 0.844. The zero-order valence-corrected chi connectivity index (χ0v) is 12.3. The van der Waals surface area contributed by atoms with Crippen molar-refractivity contribution in [2.24, 2.45) is 5.92 Å². The zero-order valence-electron chi connectivity index (χ0n) is 12.3. The van der Waals surface area contributed by atoms with Crippen LogP contribution in [0, 0.1) is 5.92 Å². The number of para-hydroxylation sites is 2. The van der Waals surface area contributed by atoms with E-state index in [1.807, 2.05) is 6.07 Å². The molecule has 0 spiro atoms. The normalized spacial score (nSPS) is 19.2. The van der Waals surface area contributed by atoms with E-state index in [-0.39, 0.29) is 18.3 Å². The van der Waals surface area contributed by atoms with E-state index < -0.39 is 6.10 Å². The van der Waals surface area contributed by atoms with Gasteiger partial charge < -0.3 is 19.8 Å². The molecule has 4 heteroatoms. The van der Waals surface area contributed by atoms with Gasteiger partial charge in [0.2, 0.25) is 0 Å². The molecule has 2 N–H and O–H groups in total. The number of benzene rings is 1. The van der Waals surface area contributed by atoms with Gasteiger partial charge >= 0.3 is 0 Å². The highest BCUT2D eigenvalue weighted by atomic mass is 16.5. The van der Waals surface area contributed by atoms with Crippen LogP contribution in [-0.4, -0.2) is 47.0 Å². The molecule has 0 aromatic heterocycles. The van der Waals surface area contributed by atoms with Crippen LogP contribution in [0.5, 0.6) is 11.5 Å². The summed E-state index contributed by atoms with van der Waals surface area (Å²) in [6.07, 6.45) is 1.54. The maximum absolute atomic E-state index is 10.2. The molecule has 4 nitrogen and oxygen atoms in total. The predicted octanol–water partition coefficient (Wildman–Crippen LogP) is 2.25. The second kappa shape index (κ2) is 6.95. The quantitative estimate of drug-likeness (QED) is 0.868. The van der Waals surface area contributed by atoms with Crippen molar-refractivity contribution < 1.29 is 14.9 Å². The zero-order chi connectivity index (χ0) is 14.5. The molecule has 0 amide bonds. The van der Waals surface area contributed by atoms with Gasteiger partial charge in [-0.25, -0.2) is 0 Å². The number of aliphatic hydroxyl groups excluding tert-OH is 1. The highest BCUT2D eigenvalue weighted by Crippen LogP contribution is 2.26. The van der Waals surface area contributed by atoms with Gasteiger partial charge in [-0.3, -0.25) is 0 Å². The summed E-state index contributed by atoms with van der Waals surface area (Å²) >= 11 is 0. The first kappa shape index (κ1) is 15.1. The Morgan fingerprint density at radius 1 is 1.25 bits per heavy atom. The van der Waals surface area contributed by atoms with Gasteiger partial charge in [-0.15, -0.1) is 0 Å². The van der Waals surface area contributed by atoms with E-state index in [2.05, 4.69) is 18.7 Å². The molecular weight excluding hydrogens is 254 g/mol. The number of ether oxygens (including phenoxy) is 1. The minimum atomic E-state index is -0.469. The van der Waals surface area contributed by atoms with Gasteiger partial charge in [0.1, 0.15) is 6.61 Å². The number of rotatable bonds is 5. The van der Waals surface area contributed by atoms with Crippen LogP contribution >= 0.6 is 0 Å². The highest BCUT2D eigenvalue weighted by Gasteiger charge is 2.26. The second-order valence-corrected chi connectivity index (χ2v) is 5.81. The number of piperidine rings is 1. The second-order valence-electron chi connectivity index (χ2n) is 5.81. The van der Waals surface area contributed by atoms with Crippen LogP contribution in [0.25, 0.3) is 0 Å². The van der Waals surface area contributed by atoms with Gasteiger partial charge in [0.25, 0.3) is 0 Å². The molecule has 1 aromatic carbocycles. The molecule has 1 atom stereocenters. The van der Waals surface area contributed by atoms with Crippen LogP contribution in [0.3, 0.4) is 0 Å². The summed E-state index contributed by atoms with van der Waals surface area (Å²) in [7, 11) is 0. The molecule has 1 aliphatic heterocycles. The van der Waals surface area contributed by atoms with E-state index in [1.165, 1.54) is 0 Å². The predicted molar refractivity (Wildman–Crippen MR) is 79.0 cm³/mol. The largest absolute Gasteiger partial charge is 0.504 e. The highest BCUT2D eigenvalue weighted by molar-refractivity contribution is 5.37. The summed E-state index contributed by atoms with van der Waals surface area (Å²) in [5.41, 5.74) is 0. The van der Waals surface area contributed by atoms with Gasteiger partial charge in [-0.1, -0.05) is 12.1 Å². The van der Waals surface area contributed by atoms with Gasteiger partial charge in [0, 0.05) is 6.04 Å². The fourth-order valence-corrected chi connectivity index (χ4v) is 2.71. The van der Waals surface area contributed by atoms with Gasteiger partial charge in [0.15, 0.2) is 11.5 Å². The van der Waals surface area contributed by atoms with Crippen molar-refractivity contribution >= 4 is 0 Å². The fraction of sp³-hybridized carbons (Fsp3) is 0.625. The Hall–Kier alpha value is -1.26. The molecule has 1 fully saturated rings. The molecule has 2 rings (SSSR count). The molecule has 1 saturated heterocycles. The fourth-order valence-electron chi connectivity index (χ4n) is 2.71. The van der Waals surface area contributed by atoms with Crippen LogP contribution in [0.15, 0.2) is 24.3 Å². The van der Waals surface area contributed by atoms with Crippen molar-refractivity contribution in [3.63, 3.8) is 0 Å².